The lowest BCUT2D eigenvalue weighted by Gasteiger charge is -2.11. The van der Waals surface area contributed by atoms with Crippen LogP contribution in [0.1, 0.15) is 11.1 Å². The summed E-state index contributed by atoms with van der Waals surface area (Å²) in [6.07, 6.45) is 1.61. The number of nitrogens with zero attached hydrogens (tertiary/aromatic N) is 1. The van der Waals surface area contributed by atoms with Gasteiger partial charge >= 0.3 is 0 Å². The van der Waals surface area contributed by atoms with Gasteiger partial charge in [-0.25, -0.2) is 5.90 Å². The lowest BCUT2D eigenvalue weighted by molar-refractivity contribution is 0.140. The number of nitrogens with two attached hydrogens (primary N) is 1. The fourth-order valence-corrected chi connectivity index (χ4v) is 1.52. The molecule has 0 saturated heterocycles. The first-order valence-electron chi connectivity index (χ1n) is 5.40. The molecule has 0 atom stereocenters. The molecule has 0 saturated carbocycles. The first-order chi connectivity index (χ1) is 7.63. The second kappa shape index (κ2) is 6.48. The SMILES string of the molecule is CN(C)CCc1ccc(O)c(CCON)c1. The Morgan fingerprint density at radius 1 is 1.31 bits per heavy atom. The van der Waals surface area contributed by atoms with Crippen molar-refractivity contribution < 1.29 is 9.94 Å². The molecular weight excluding hydrogens is 204 g/mol. The summed E-state index contributed by atoms with van der Waals surface area (Å²) in [4.78, 5) is 6.65. The first-order valence-corrected chi connectivity index (χ1v) is 5.40. The van der Waals surface area contributed by atoms with E-state index in [9.17, 15) is 5.11 Å². The molecule has 0 unspecified atom stereocenters. The van der Waals surface area contributed by atoms with Crippen molar-refractivity contribution >= 4 is 0 Å². The van der Waals surface area contributed by atoms with Crippen molar-refractivity contribution in [2.75, 3.05) is 27.2 Å². The summed E-state index contributed by atoms with van der Waals surface area (Å²) in [7, 11) is 4.09. The highest BCUT2D eigenvalue weighted by molar-refractivity contribution is 5.36. The third-order valence-electron chi connectivity index (χ3n) is 2.48. The number of aromatic hydroxyl groups is 1. The van der Waals surface area contributed by atoms with Gasteiger partial charge in [-0.05, 0) is 37.7 Å². The van der Waals surface area contributed by atoms with Gasteiger partial charge in [0.2, 0.25) is 0 Å². The molecule has 90 valence electrons. The zero-order valence-corrected chi connectivity index (χ0v) is 9.94. The molecule has 0 spiro atoms. The summed E-state index contributed by atoms with van der Waals surface area (Å²) in [5.74, 6) is 5.29. The molecule has 0 aromatic heterocycles. The predicted molar refractivity (Wildman–Crippen MR) is 64.2 cm³/mol. The first kappa shape index (κ1) is 13.0. The number of benzene rings is 1. The molecule has 0 radical (unpaired) electrons. The summed E-state index contributed by atoms with van der Waals surface area (Å²) >= 11 is 0. The average Bonchev–Trinajstić information content (AvgIpc) is 2.26. The Kier molecular flexibility index (Phi) is 5.25. The van der Waals surface area contributed by atoms with Crippen LogP contribution in [0, 0.1) is 0 Å². The summed E-state index contributed by atoms with van der Waals surface area (Å²) in [5, 5.41) is 9.63. The number of hydrogen-bond acceptors (Lipinski definition) is 4. The topological polar surface area (TPSA) is 58.7 Å². The molecule has 0 aliphatic heterocycles. The zero-order chi connectivity index (χ0) is 12.0. The maximum atomic E-state index is 9.63. The molecule has 0 bridgehead atoms. The van der Waals surface area contributed by atoms with Crippen LogP contribution < -0.4 is 5.90 Å². The van der Waals surface area contributed by atoms with Crippen LogP contribution in [0.3, 0.4) is 0 Å². The molecule has 16 heavy (non-hydrogen) atoms. The van der Waals surface area contributed by atoms with Crippen LogP contribution in [0.2, 0.25) is 0 Å². The van der Waals surface area contributed by atoms with E-state index in [1.807, 2.05) is 26.2 Å². The van der Waals surface area contributed by atoms with Crippen LogP contribution in [-0.2, 0) is 17.7 Å². The summed E-state index contributed by atoms with van der Waals surface area (Å²) < 4.78 is 0. The standard InChI is InChI=1S/C12H20N2O2/c1-14(2)7-5-10-3-4-12(15)11(9-10)6-8-16-13/h3-4,9,15H,5-8,13H2,1-2H3. The predicted octanol–water partition coefficient (Wildman–Crippen LogP) is 0.929. The normalized spacial score (nSPS) is 11.0. The summed E-state index contributed by atoms with van der Waals surface area (Å²) in [5.41, 5.74) is 2.11. The van der Waals surface area contributed by atoms with Crippen molar-refractivity contribution in [1.82, 2.24) is 4.90 Å². The van der Waals surface area contributed by atoms with Crippen molar-refractivity contribution in [2.24, 2.45) is 5.90 Å². The highest BCUT2D eigenvalue weighted by atomic mass is 16.6. The van der Waals surface area contributed by atoms with Crippen LogP contribution in [0.25, 0.3) is 0 Å². The van der Waals surface area contributed by atoms with Crippen molar-refractivity contribution in [2.45, 2.75) is 12.8 Å². The molecule has 1 aromatic carbocycles. The Bertz CT molecular complexity index is 327. The smallest absolute Gasteiger partial charge is 0.118 e. The quantitative estimate of drug-likeness (QED) is 0.706. The fourth-order valence-electron chi connectivity index (χ4n) is 1.52. The van der Waals surface area contributed by atoms with Crippen molar-refractivity contribution in [1.29, 1.82) is 0 Å². The second-order valence-corrected chi connectivity index (χ2v) is 4.14. The highest BCUT2D eigenvalue weighted by Crippen LogP contribution is 2.19. The number of hydrogen-bond donors (Lipinski definition) is 2. The molecule has 0 heterocycles. The van der Waals surface area contributed by atoms with E-state index in [4.69, 9.17) is 5.90 Å². The Morgan fingerprint density at radius 2 is 2.06 bits per heavy atom. The van der Waals surface area contributed by atoms with E-state index in [-0.39, 0.29) is 0 Å². The number of phenolic OH excluding ortho intramolecular Hbond substituents is 1. The van der Waals surface area contributed by atoms with Gasteiger partial charge in [-0.1, -0.05) is 12.1 Å². The Morgan fingerprint density at radius 3 is 2.69 bits per heavy atom. The molecule has 1 aromatic rings. The molecule has 1 rings (SSSR count). The zero-order valence-electron chi connectivity index (χ0n) is 9.94. The van der Waals surface area contributed by atoms with Gasteiger partial charge in [-0.15, -0.1) is 0 Å². The van der Waals surface area contributed by atoms with E-state index >= 15 is 0 Å². The monoisotopic (exact) mass is 224 g/mol. The maximum Gasteiger partial charge on any atom is 0.118 e. The third-order valence-corrected chi connectivity index (χ3v) is 2.48. The van der Waals surface area contributed by atoms with E-state index in [0.29, 0.717) is 18.8 Å². The Balaban J connectivity index is 2.65. The Hall–Kier alpha value is -1.10. The van der Waals surface area contributed by atoms with Gasteiger partial charge in [-0.2, -0.15) is 0 Å². The van der Waals surface area contributed by atoms with Crippen molar-refractivity contribution in [3.63, 3.8) is 0 Å². The van der Waals surface area contributed by atoms with E-state index in [0.717, 1.165) is 18.5 Å². The van der Waals surface area contributed by atoms with E-state index in [1.165, 1.54) is 5.56 Å². The minimum absolute atomic E-state index is 0.311. The summed E-state index contributed by atoms with van der Waals surface area (Å²) in [6, 6.07) is 5.69. The molecule has 0 aliphatic rings. The van der Waals surface area contributed by atoms with Gasteiger partial charge in [0.05, 0.1) is 6.61 Å². The largest absolute Gasteiger partial charge is 0.508 e. The highest BCUT2D eigenvalue weighted by Gasteiger charge is 2.03. The second-order valence-electron chi connectivity index (χ2n) is 4.14. The van der Waals surface area contributed by atoms with Gasteiger partial charge in [-0.3, -0.25) is 0 Å². The lowest BCUT2D eigenvalue weighted by Crippen LogP contribution is -2.15. The molecule has 4 heteroatoms. The van der Waals surface area contributed by atoms with Gasteiger partial charge in [0.1, 0.15) is 5.75 Å². The van der Waals surface area contributed by atoms with E-state index < -0.39 is 0 Å². The lowest BCUT2D eigenvalue weighted by atomic mass is 10.0. The van der Waals surface area contributed by atoms with Crippen LogP contribution in [0.15, 0.2) is 18.2 Å². The summed E-state index contributed by atoms with van der Waals surface area (Å²) in [6.45, 7) is 1.42. The van der Waals surface area contributed by atoms with E-state index in [1.54, 1.807) is 6.07 Å². The molecule has 3 N–H and O–H groups in total. The van der Waals surface area contributed by atoms with Gasteiger partial charge in [0, 0.05) is 13.0 Å². The van der Waals surface area contributed by atoms with Crippen molar-refractivity contribution in [3.8, 4) is 5.75 Å². The third kappa shape index (κ3) is 4.18. The maximum absolute atomic E-state index is 9.63. The molecule has 4 nitrogen and oxygen atoms in total. The number of likely N-dealkylation sites (N-methyl/N-ethyl adjacent to an activating group) is 1. The van der Waals surface area contributed by atoms with Crippen LogP contribution in [0.4, 0.5) is 0 Å². The van der Waals surface area contributed by atoms with E-state index in [2.05, 4.69) is 9.74 Å². The molecular formula is C12H20N2O2. The molecule has 0 amide bonds. The van der Waals surface area contributed by atoms with Crippen LogP contribution in [-0.4, -0.2) is 37.3 Å². The Labute approximate surface area is 96.6 Å². The fraction of sp³-hybridized carbons (Fsp3) is 0.500. The number of phenols is 1. The van der Waals surface area contributed by atoms with Crippen LogP contribution >= 0.6 is 0 Å². The van der Waals surface area contributed by atoms with Crippen molar-refractivity contribution in [3.05, 3.63) is 29.3 Å². The minimum atomic E-state index is 0.311. The molecule has 0 fully saturated rings. The van der Waals surface area contributed by atoms with Crippen LogP contribution in [0.5, 0.6) is 5.75 Å². The van der Waals surface area contributed by atoms with Gasteiger partial charge in [0.15, 0.2) is 0 Å². The van der Waals surface area contributed by atoms with Gasteiger partial charge in [0.25, 0.3) is 0 Å². The number of rotatable bonds is 6. The average molecular weight is 224 g/mol. The minimum Gasteiger partial charge on any atom is -0.508 e. The van der Waals surface area contributed by atoms with Gasteiger partial charge < -0.3 is 14.8 Å². The molecule has 0 aliphatic carbocycles.